The van der Waals surface area contributed by atoms with Gasteiger partial charge in [-0.2, -0.15) is 4.98 Å². The molecule has 1 fully saturated rings. The number of carbonyl (C=O) groups excluding carboxylic acids is 1. The first kappa shape index (κ1) is 20.6. The van der Waals surface area contributed by atoms with Crippen molar-refractivity contribution in [1.29, 1.82) is 0 Å². The first-order valence-electron chi connectivity index (χ1n) is 10.2. The van der Waals surface area contributed by atoms with Crippen molar-refractivity contribution in [3.05, 3.63) is 52.7 Å². The van der Waals surface area contributed by atoms with Crippen molar-refractivity contribution in [3.8, 4) is 0 Å². The van der Waals surface area contributed by atoms with Gasteiger partial charge in [0.25, 0.3) is 5.91 Å². The van der Waals surface area contributed by atoms with Crippen molar-refractivity contribution in [2.24, 2.45) is 0 Å². The number of amides is 1. The van der Waals surface area contributed by atoms with Gasteiger partial charge in [-0.3, -0.25) is 4.79 Å². The third-order valence-electron chi connectivity index (χ3n) is 5.53. The molecule has 0 atom stereocenters. The molecule has 1 saturated heterocycles. The molecule has 4 bridgehead atoms. The molecular weight excluding hydrogens is 402 g/mol. The van der Waals surface area contributed by atoms with E-state index in [1.807, 2.05) is 25.1 Å². The number of carbonyl (C=O) groups is 1. The van der Waals surface area contributed by atoms with Crippen molar-refractivity contribution >= 4 is 35.0 Å². The zero-order chi connectivity index (χ0) is 21.1. The lowest BCUT2D eigenvalue weighted by atomic mass is 9.92. The highest BCUT2D eigenvalue weighted by Gasteiger charge is 2.32. The summed E-state index contributed by atoms with van der Waals surface area (Å²) in [5.41, 5.74) is 1.98. The summed E-state index contributed by atoms with van der Waals surface area (Å²) in [6.45, 7) is 6.73. The number of benzene rings is 1. The minimum atomic E-state index is -0.223. The van der Waals surface area contributed by atoms with E-state index in [0.29, 0.717) is 35.5 Å². The van der Waals surface area contributed by atoms with Crippen molar-refractivity contribution in [3.63, 3.8) is 0 Å². The van der Waals surface area contributed by atoms with Crippen LogP contribution in [0.2, 0.25) is 5.02 Å². The number of halogens is 1. The Morgan fingerprint density at radius 1 is 1.17 bits per heavy atom. The summed E-state index contributed by atoms with van der Waals surface area (Å²) in [4.78, 5) is 24.1. The highest BCUT2D eigenvalue weighted by Crippen LogP contribution is 2.32. The second-order valence-electron chi connectivity index (χ2n) is 7.93. The Balaban J connectivity index is 1.70. The van der Waals surface area contributed by atoms with Crippen LogP contribution in [0.1, 0.15) is 35.8 Å². The number of ether oxygens (including phenoxy) is 1. The van der Waals surface area contributed by atoms with E-state index in [1.165, 1.54) is 0 Å². The fourth-order valence-electron chi connectivity index (χ4n) is 3.77. The smallest absolute Gasteiger partial charge is 0.258 e. The number of piperidine rings is 1. The van der Waals surface area contributed by atoms with Crippen LogP contribution in [-0.4, -0.2) is 47.7 Å². The minimum Gasteiger partial charge on any atom is -0.371 e. The van der Waals surface area contributed by atoms with Gasteiger partial charge < -0.3 is 20.3 Å². The molecule has 0 aliphatic carbocycles. The first-order valence-corrected chi connectivity index (χ1v) is 10.5. The van der Waals surface area contributed by atoms with Gasteiger partial charge in [-0.15, -0.1) is 0 Å². The average molecular weight is 428 g/mol. The van der Waals surface area contributed by atoms with E-state index in [4.69, 9.17) is 16.3 Å². The van der Waals surface area contributed by atoms with Crippen molar-refractivity contribution in [1.82, 2.24) is 9.97 Å². The normalized spacial score (nSPS) is 20.0. The van der Waals surface area contributed by atoms with Gasteiger partial charge in [-0.1, -0.05) is 23.8 Å². The number of aromatic nitrogens is 2. The van der Waals surface area contributed by atoms with Crippen LogP contribution in [0.5, 0.6) is 0 Å². The number of anilines is 3. The topological polar surface area (TPSA) is 79.4 Å². The number of fused-ring (bicyclic) bond motifs is 7. The molecule has 3 aliphatic rings. The van der Waals surface area contributed by atoms with Crippen molar-refractivity contribution in [2.75, 3.05) is 41.8 Å². The standard InChI is InChI=1S/C22H26ClN5O2/c1-15-13-19-26-20(29)17-6-5-16(23)14-18(17)28-10-7-22(2,8-11-28)30-12-4-3-9-24-21(25-15)27-19/h3-6,13-14H,7-12H2,1-2H3,(H2,24,25,26,27,29)/b4-3-. The van der Waals surface area contributed by atoms with Crippen molar-refractivity contribution < 1.29 is 9.53 Å². The Bertz CT molecular complexity index is 970. The van der Waals surface area contributed by atoms with Gasteiger partial charge in [-0.25, -0.2) is 4.98 Å². The maximum absolute atomic E-state index is 13.1. The minimum absolute atomic E-state index is 0.184. The zero-order valence-corrected chi connectivity index (χ0v) is 18.0. The summed E-state index contributed by atoms with van der Waals surface area (Å²) in [6, 6.07) is 7.12. The second-order valence-corrected chi connectivity index (χ2v) is 8.37. The summed E-state index contributed by atoms with van der Waals surface area (Å²) in [6.07, 6.45) is 5.75. The number of aryl methyl sites for hydroxylation is 1. The molecule has 4 heterocycles. The molecule has 0 unspecified atom stereocenters. The number of rotatable bonds is 0. The van der Waals surface area contributed by atoms with E-state index >= 15 is 0 Å². The highest BCUT2D eigenvalue weighted by molar-refractivity contribution is 6.31. The van der Waals surface area contributed by atoms with Crippen LogP contribution < -0.4 is 15.5 Å². The molecule has 1 aromatic heterocycles. The van der Waals surface area contributed by atoms with Crippen LogP contribution in [-0.2, 0) is 4.74 Å². The van der Waals surface area contributed by atoms with Gasteiger partial charge in [0.05, 0.1) is 23.5 Å². The Labute approximate surface area is 181 Å². The van der Waals surface area contributed by atoms with Gasteiger partial charge >= 0.3 is 0 Å². The number of nitrogens with one attached hydrogen (secondary N) is 2. The van der Waals surface area contributed by atoms with Crippen molar-refractivity contribution in [2.45, 2.75) is 32.3 Å². The Hall–Kier alpha value is -2.64. The van der Waals surface area contributed by atoms with E-state index in [0.717, 1.165) is 37.3 Å². The molecule has 0 spiro atoms. The molecule has 5 rings (SSSR count). The summed E-state index contributed by atoms with van der Waals surface area (Å²) in [7, 11) is 0. The largest absolute Gasteiger partial charge is 0.371 e. The number of hydrogen-bond acceptors (Lipinski definition) is 6. The second kappa shape index (κ2) is 8.62. The fourth-order valence-corrected chi connectivity index (χ4v) is 3.94. The average Bonchev–Trinajstić information content (AvgIpc) is 2.70. The molecule has 7 nitrogen and oxygen atoms in total. The highest BCUT2D eigenvalue weighted by atomic mass is 35.5. The molecule has 8 heteroatoms. The molecule has 0 radical (unpaired) electrons. The number of hydrogen-bond donors (Lipinski definition) is 2. The molecule has 2 aromatic rings. The lowest BCUT2D eigenvalue weighted by Gasteiger charge is -2.40. The van der Waals surface area contributed by atoms with Crippen LogP contribution in [0.15, 0.2) is 36.4 Å². The summed E-state index contributed by atoms with van der Waals surface area (Å²) in [5.74, 6) is 0.700. The number of nitrogens with zero attached hydrogens (tertiary/aromatic N) is 3. The predicted octanol–water partition coefficient (Wildman–Crippen LogP) is 4.05. The summed E-state index contributed by atoms with van der Waals surface area (Å²) in [5, 5.41) is 6.68. The van der Waals surface area contributed by atoms with Crippen LogP contribution in [0.25, 0.3) is 0 Å². The van der Waals surface area contributed by atoms with Gasteiger partial charge in [-0.05, 0) is 44.9 Å². The van der Waals surface area contributed by atoms with Crippen LogP contribution in [0, 0.1) is 6.92 Å². The summed E-state index contributed by atoms with van der Waals surface area (Å²) >= 11 is 6.27. The molecule has 1 amide bonds. The maximum Gasteiger partial charge on any atom is 0.258 e. The van der Waals surface area contributed by atoms with E-state index < -0.39 is 0 Å². The van der Waals surface area contributed by atoms with Gasteiger partial charge in [0.1, 0.15) is 5.82 Å². The lowest BCUT2D eigenvalue weighted by Crippen LogP contribution is -2.44. The Morgan fingerprint density at radius 3 is 2.77 bits per heavy atom. The monoisotopic (exact) mass is 427 g/mol. The predicted molar refractivity (Wildman–Crippen MR) is 120 cm³/mol. The van der Waals surface area contributed by atoms with E-state index in [2.05, 4.69) is 32.4 Å². The van der Waals surface area contributed by atoms with E-state index in [1.54, 1.807) is 18.2 Å². The van der Waals surface area contributed by atoms with Crippen LogP contribution in [0.3, 0.4) is 0 Å². The van der Waals surface area contributed by atoms with Crippen LogP contribution in [0.4, 0.5) is 17.5 Å². The quantitative estimate of drug-likeness (QED) is 0.617. The molecule has 3 aliphatic heterocycles. The third kappa shape index (κ3) is 4.74. The molecular formula is C22H26ClN5O2. The first-order chi connectivity index (χ1) is 14.4. The summed E-state index contributed by atoms with van der Waals surface area (Å²) < 4.78 is 6.16. The fraction of sp³-hybridized carbons (Fsp3) is 0.409. The van der Waals surface area contributed by atoms with Crippen LogP contribution >= 0.6 is 11.6 Å². The van der Waals surface area contributed by atoms with E-state index in [9.17, 15) is 4.79 Å². The van der Waals surface area contributed by atoms with Gasteiger partial charge in [0, 0.05) is 36.4 Å². The van der Waals surface area contributed by atoms with Gasteiger partial charge in [0.2, 0.25) is 5.95 Å². The Morgan fingerprint density at radius 2 is 1.97 bits per heavy atom. The third-order valence-corrected chi connectivity index (χ3v) is 5.77. The zero-order valence-electron chi connectivity index (χ0n) is 17.2. The molecule has 1 aromatic carbocycles. The molecule has 2 N–H and O–H groups in total. The maximum atomic E-state index is 13.1. The SMILES string of the molecule is Cc1cc2nc(n1)NC/C=C\COC1(C)CCN(CC1)c1cc(Cl)ccc1C(=O)N2. The Kier molecular flexibility index (Phi) is 5.92. The molecule has 158 valence electrons. The van der Waals surface area contributed by atoms with Gasteiger partial charge in [0.15, 0.2) is 0 Å². The lowest BCUT2D eigenvalue weighted by molar-refractivity contribution is -0.0335. The molecule has 30 heavy (non-hydrogen) atoms. The molecule has 0 saturated carbocycles. The van der Waals surface area contributed by atoms with E-state index in [-0.39, 0.29) is 11.5 Å².